The molecule has 0 fully saturated rings. The van der Waals surface area contributed by atoms with E-state index in [4.69, 9.17) is 0 Å². The number of rotatable bonds is 4. The molecule has 3 aromatic rings. The van der Waals surface area contributed by atoms with Gasteiger partial charge in [-0.1, -0.05) is 36.4 Å². The van der Waals surface area contributed by atoms with Gasteiger partial charge in [0, 0.05) is 22.2 Å². The molecule has 1 atom stereocenters. The zero-order valence-corrected chi connectivity index (χ0v) is 12.5. The number of hydrogen-bond donors (Lipinski definition) is 1. The normalized spacial score (nSPS) is 12.1. The molecule has 0 bridgehead atoms. The summed E-state index contributed by atoms with van der Waals surface area (Å²) in [6, 6.07) is 19.1. The van der Waals surface area contributed by atoms with Crippen molar-refractivity contribution in [2.24, 2.45) is 0 Å². The van der Waals surface area contributed by atoms with Crippen molar-refractivity contribution in [3.8, 4) is 10.4 Å². The van der Waals surface area contributed by atoms with Crippen molar-refractivity contribution in [3.63, 3.8) is 0 Å². The topological polar surface area (TPSA) is 12.0 Å². The van der Waals surface area contributed by atoms with E-state index >= 15 is 0 Å². The minimum atomic E-state index is -0.201. The second-order valence-corrected chi connectivity index (χ2v) is 5.89. The molecule has 3 heteroatoms. The second-order valence-electron chi connectivity index (χ2n) is 4.94. The Morgan fingerprint density at radius 2 is 1.86 bits per heavy atom. The fourth-order valence-electron chi connectivity index (χ4n) is 2.35. The van der Waals surface area contributed by atoms with E-state index in [0.29, 0.717) is 0 Å². The lowest BCUT2D eigenvalue weighted by Crippen LogP contribution is -2.07. The maximum atomic E-state index is 13.3. The summed E-state index contributed by atoms with van der Waals surface area (Å²) in [5.74, 6) is -0.201. The summed E-state index contributed by atoms with van der Waals surface area (Å²) in [7, 11) is 0. The molecular formula is C18H16FNS. The Balaban J connectivity index is 1.88. The Labute approximate surface area is 128 Å². The molecule has 1 nitrogen and oxygen atoms in total. The van der Waals surface area contributed by atoms with Gasteiger partial charge in [0.05, 0.1) is 0 Å². The summed E-state index contributed by atoms with van der Waals surface area (Å²) in [5.41, 5.74) is 3.18. The van der Waals surface area contributed by atoms with Crippen LogP contribution in [0.5, 0.6) is 0 Å². The largest absolute Gasteiger partial charge is 0.378 e. The number of para-hydroxylation sites is 1. The van der Waals surface area contributed by atoms with Gasteiger partial charge in [0.25, 0.3) is 0 Å². The van der Waals surface area contributed by atoms with Gasteiger partial charge < -0.3 is 5.32 Å². The molecule has 1 unspecified atom stereocenters. The van der Waals surface area contributed by atoms with E-state index in [-0.39, 0.29) is 11.9 Å². The van der Waals surface area contributed by atoms with Crippen molar-refractivity contribution in [3.05, 3.63) is 77.4 Å². The lowest BCUT2D eigenvalue weighted by atomic mass is 10.1. The van der Waals surface area contributed by atoms with Gasteiger partial charge in [-0.05, 0) is 42.1 Å². The lowest BCUT2D eigenvalue weighted by molar-refractivity contribution is 0.623. The van der Waals surface area contributed by atoms with E-state index in [2.05, 4.69) is 28.9 Å². The maximum absolute atomic E-state index is 13.3. The predicted molar refractivity (Wildman–Crippen MR) is 88.2 cm³/mol. The van der Waals surface area contributed by atoms with E-state index in [0.717, 1.165) is 11.3 Å². The first-order valence-electron chi connectivity index (χ1n) is 6.89. The van der Waals surface area contributed by atoms with Crippen molar-refractivity contribution in [2.75, 3.05) is 5.32 Å². The average molecular weight is 297 g/mol. The summed E-state index contributed by atoms with van der Waals surface area (Å²) in [4.78, 5) is 1.23. The average Bonchev–Trinajstić information content (AvgIpc) is 3.02. The maximum Gasteiger partial charge on any atom is 0.123 e. The van der Waals surface area contributed by atoms with E-state index < -0.39 is 0 Å². The number of thiophene rings is 1. The van der Waals surface area contributed by atoms with E-state index in [1.165, 1.54) is 16.5 Å². The molecule has 1 N–H and O–H groups in total. The Hall–Kier alpha value is -2.13. The van der Waals surface area contributed by atoms with Crippen LogP contribution in [0.2, 0.25) is 0 Å². The Bertz CT molecular complexity index is 722. The van der Waals surface area contributed by atoms with Crippen molar-refractivity contribution in [2.45, 2.75) is 13.0 Å². The highest BCUT2D eigenvalue weighted by atomic mass is 32.1. The van der Waals surface area contributed by atoms with Crippen LogP contribution in [0.3, 0.4) is 0 Å². The number of hydrogen-bond acceptors (Lipinski definition) is 2. The van der Waals surface area contributed by atoms with Gasteiger partial charge >= 0.3 is 0 Å². The molecule has 0 aliphatic heterocycles. The van der Waals surface area contributed by atoms with Crippen molar-refractivity contribution < 1.29 is 4.39 Å². The second kappa shape index (κ2) is 6.10. The van der Waals surface area contributed by atoms with Crippen LogP contribution in [-0.2, 0) is 0 Å². The van der Waals surface area contributed by atoms with Gasteiger partial charge in [-0.25, -0.2) is 4.39 Å². The van der Waals surface area contributed by atoms with Crippen LogP contribution in [0.1, 0.15) is 18.5 Å². The molecule has 0 aliphatic rings. The number of anilines is 1. The van der Waals surface area contributed by atoms with Crippen molar-refractivity contribution in [1.82, 2.24) is 0 Å². The van der Waals surface area contributed by atoms with Gasteiger partial charge in [0.15, 0.2) is 0 Å². The van der Waals surface area contributed by atoms with Crippen LogP contribution >= 0.6 is 11.3 Å². The van der Waals surface area contributed by atoms with Crippen LogP contribution in [0, 0.1) is 5.82 Å². The molecule has 1 heterocycles. The first kappa shape index (κ1) is 13.8. The minimum absolute atomic E-state index is 0.0433. The molecule has 0 radical (unpaired) electrons. The third-order valence-electron chi connectivity index (χ3n) is 3.43. The van der Waals surface area contributed by atoms with E-state index in [9.17, 15) is 4.39 Å². The highest BCUT2D eigenvalue weighted by Gasteiger charge is 2.10. The smallest absolute Gasteiger partial charge is 0.123 e. The quantitative estimate of drug-likeness (QED) is 0.648. The summed E-state index contributed by atoms with van der Waals surface area (Å²) >= 11 is 1.72. The third-order valence-corrected chi connectivity index (χ3v) is 4.34. The Morgan fingerprint density at radius 3 is 2.62 bits per heavy atom. The Kier molecular flexibility index (Phi) is 4.02. The monoisotopic (exact) mass is 297 g/mol. The van der Waals surface area contributed by atoms with E-state index in [1.54, 1.807) is 23.5 Å². The van der Waals surface area contributed by atoms with Gasteiger partial charge in [-0.15, -0.1) is 11.3 Å². The fraction of sp³-hybridized carbons (Fsp3) is 0.111. The number of benzene rings is 2. The zero-order valence-electron chi connectivity index (χ0n) is 11.7. The van der Waals surface area contributed by atoms with Crippen LogP contribution < -0.4 is 5.32 Å². The van der Waals surface area contributed by atoms with Crippen LogP contribution in [0.15, 0.2) is 66.0 Å². The first-order chi connectivity index (χ1) is 10.2. The van der Waals surface area contributed by atoms with Gasteiger partial charge in [0.1, 0.15) is 5.82 Å². The third kappa shape index (κ3) is 3.14. The Morgan fingerprint density at radius 1 is 1.00 bits per heavy atom. The van der Waals surface area contributed by atoms with Crippen LogP contribution in [0.25, 0.3) is 10.4 Å². The molecule has 1 aromatic heterocycles. The summed E-state index contributed by atoms with van der Waals surface area (Å²) in [5, 5.41) is 5.55. The number of halogens is 1. The highest BCUT2D eigenvalue weighted by Crippen LogP contribution is 2.33. The molecule has 0 saturated carbocycles. The summed E-state index contributed by atoms with van der Waals surface area (Å²) in [6.45, 7) is 2.04. The molecule has 0 spiro atoms. The van der Waals surface area contributed by atoms with Gasteiger partial charge in [-0.3, -0.25) is 0 Å². The first-order valence-corrected chi connectivity index (χ1v) is 7.77. The van der Waals surface area contributed by atoms with E-state index in [1.807, 2.05) is 31.2 Å². The molecular weight excluding hydrogens is 281 g/mol. The minimum Gasteiger partial charge on any atom is -0.378 e. The molecule has 0 saturated heterocycles. The molecule has 2 aromatic carbocycles. The van der Waals surface area contributed by atoms with Gasteiger partial charge in [-0.2, -0.15) is 0 Å². The lowest BCUT2D eigenvalue weighted by Gasteiger charge is -2.18. The zero-order chi connectivity index (χ0) is 14.7. The van der Waals surface area contributed by atoms with Crippen molar-refractivity contribution in [1.29, 1.82) is 0 Å². The molecule has 0 amide bonds. The molecule has 3 rings (SSSR count). The van der Waals surface area contributed by atoms with Crippen LogP contribution in [0.4, 0.5) is 10.1 Å². The number of nitrogens with one attached hydrogen (secondary N) is 1. The molecule has 21 heavy (non-hydrogen) atoms. The summed E-state index contributed by atoms with van der Waals surface area (Å²) < 4.78 is 13.3. The molecule has 106 valence electrons. The summed E-state index contributed by atoms with van der Waals surface area (Å²) in [6.07, 6.45) is 0. The molecule has 0 aliphatic carbocycles. The predicted octanol–water partition coefficient (Wildman–Crippen LogP) is 5.73. The highest BCUT2D eigenvalue weighted by molar-refractivity contribution is 7.13. The van der Waals surface area contributed by atoms with Crippen LogP contribution in [-0.4, -0.2) is 0 Å². The van der Waals surface area contributed by atoms with Crippen molar-refractivity contribution >= 4 is 17.0 Å². The fourth-order valence-corrected chi connectivity index (χ4v) is 3.11. The SMILES string of the molecule is CC(Nc1ccccc1-c1cccs1)c1cccc(F)c1. The standard InChI is InChI=1S/C18H16FNS/c1-13(14-6-4-7-15(19)12-14)20-17-9-3-2-8-16(17)18-10-5-11-21-18/h2-13,20H,1H3. The van der Waals surface area contributed by atoms with Gasteiger partial charge in [0.2, 0.25) is 0 Å².